The number of hydrogen-bond donors (Lipinski definition) is 1. The molecule has 84 valence electrons. The highest BCUT2D eigenvalue weighted by atomic mass is 19.1. The molecule has 6 heteroatoms. The molecule has 0 amide bonds. The Morgan fingerprint density at radius 3 is 2.75 bits per heavy atom. The second-order valence-corrected chi connectivity index (χ2v) is 2.88. The average Bonchev–Trinajstić information content (AvgIpc) is 2.28. The highest BCUT2D eigenvalue weighted by Gasteiger charge is 2.07. The molecule has 2 N–H and O–H groups in total. The van der Waals surface area contributed by atoms with Gasteiger partial charge in [0.15, 0.2) is 0 Å². The van der Waals surface area contributed by atoms with Crippen molar-refractivity contribution in [3.63, 3.8) is 0 Å². The molecule has 0 saturated carbocycles. The highest BCUT2D eigenvalue weighted by Crippen LogP contribution is 2.11. The molecular weight excluding hydrogens is 209 g/mol. The molecule has 16 heavy (non-hydrogen) atoms. The summed E-state index contributed by atoms with van der Waals surface area (Å²) >= 11 is 0. The Hall–Kier alpha value is -1.95. The van der Waals surface area contributed by atoms with Crippen LogP contribution in [0.15, 0.2) is 38.6 Å². The normalized spacial score (nSPS) is 12.1. The third kappa shape index (κ3) is 2.77. The highest BCUT2D eigenvalue weighted by molar-refractivity contribution is 5.99. The van der Waals surface area contributed by atoms with E-state index in [1.165, 1.54) is 13.1 Å². The Labute approximate surface area is 92.6 Å². The van der Waals surface area contributed by atoms with Gasteiger partial charge in [0.1, 0.15) is 5.82 Å². The van der Waals surface area contributed by atoms with Crippen LogP contribution in [0.2, 0.25) is 0 Å². The lowest BCUT2D eigenvalue weighted by Gasteiger charge is -2.02. The van der Waals surface area contributed by atoms with Gasteiger partial charge in [-0.1, -0.05) is 12.1 Å². The minimum Gasteiger partial charge on any atom is -0.326 e. The van der Waals surface area contributed by atoms with Gasteiger partial charge in [-0.15, -0.1) is 10.2 Å². The molecule has 0 unspecified atom stereocenters. The predicted octanol–water partition coefficient (Wildman–Crippen LogP) is 1.73. The summed E-state index contributed by atoms with van der Waals surface area (Å²) in [4.78, 5) is 0. The lowest BCUT2D eigenvalue weighted by molar-refractivity contribution is 0.610. The Balaban J connectivity index is 3.16. The maximum absolute atomic E-state index is 13.4. The first-order valence-corrected chi connectivity index (χ1v) is 4.55. The molecule has 1 rings (SSSR count). The van der Waals surface area contributed by atoms with Crippen molar-refractivity contribution < 1.29 is 4.39 Å². The van der Waals surface area contributed by atoms with Gasteiger partial charge in [0, 0.05) is 31.4 Å². The van der Waals surface area contributed by atoms with Crippen molar-refractivity contribution in [3.05, 3.63) is 35.1 Å². The molecule has 0 fully saturated rings. The van der Waals surface area contributed by atoms with Crippen LogP contribution in [0.3, 0.4) is 0 Å². The molecule has 0 saturated heterocycles. The van der Waals surface area contributed by atoms with Gasteiger partial charge in [-0.3, -0.25) is 0 Å². The van der Waals surface area contributed by atoms with Crippen LogP contribution in [-0.4, -0.2) is 19.6 Å². The van der Waals surface area contributed by atoms with Gasteiger partial charge in [-0.25, -0.2) is 4.39 Å². The van der Waals surface area contributed by atoms with E-state index in [4.69, 9.17) is 5.73 Å². The van der Waals surface area contributed by atoms with E-state index in [2.05, 4.69) is 27.1 Å². The smallest absolute Gasteiger partial charge is 0.203 e. The van der Waals surface area contributed by atoms with E-state index < -0.39 is 5.82 Å². The van der Waals surface area contributed by atoms with E-state index in [-0.39, 0.29) is 12.4 Å². The quantitative estimate of drug-likeness (QED) is 0.359. The second kappa shape index (κ2) is 5.82. The number of halogens is 1. The number of nitrogens with two attached hydrogens (primary N) is 1. The molecule has 1 aromatic rings. The first-order chi connectivity index (χ1) is 7.72. The molecule has 0 heterocycles. The van der Waals surface area contributed by atoms with Gasteiger partial charge in [-0.2, -0.15) is 10.2 Å². The SMILES string of the molecule is C=N/N=C(\N=NC)c1ccc(CN)c(F)c1. The molecule has 0 aliphatic carbocycles. The van der Waals surface area contributed by atoms with Crippen LogP contribution in [-0.2, 0) is 6.54 Å². The van der Waals surface area contributed by atoms with Crippen LogP contribution < -0.4 is 5.73 Å². The van der Waals surface area contributed by atoms with E-state index in [0.29, 0.717) is 11.1 Å². The monoisotopic (exact) mass is 221 g/mol. The van der Waals surface area contributed by atoms with Crippen molar-refractivity contribution in [2.75, 3.05) is 7.05 Å². The standard InChI is InChI=1S/C10H12FN5/c1-13-15-10(16-14-2)7-3-4-8(6-12)9(11)5-7/h3-5H,1,6,12H2,2H3/b15-10-,16-14?. The van der Waals surface area contributed by atoms with Crippen molar-refractivity contribution in [1.82, 2.24) is 0 Å². The largest absolute Gasteiger partial charge is 0.326 e. The van der Waals surface area contributed by atoms with Gasteiger partial charge in [-0.05, 0) is 6.07 Å². The number of nitrogens with zero attached hydrogens (tertiary/aromatic N) is 4. The Morgan fingerprint density at radius 2 is 2.25 bits per heavy atom. The van der Waals surface area contributed by atoms with Crippen molar-refractivity contribution in [2.45, 2.75) is 6.54 Å². The van der Waals surface area contributed by atoms with Crippen molar-refractivity contribution in [2.24, 2.45) is 26.2 Å². The van der Waals surface area contributed by atoms with Crippen LogP contribution in [0.1, 0.15) is 11.1 Å². The summed E-state index contributed by atoms with van der Waals surface area (Å²) in [6.45, 7) is 3.36. The third-order valence-electron chi connectivity index (χ3n) is 1.89. The molecule has 0 radical (unpaired) electrons. The van der Waals surface area contributed by atoms with E-state index in [1.807, 2.05) is 0 Å². The van der Waals surface area contributed by atoms with Crippen LogP contribution in [0.5, 0.6) is 0 Å². The zero-order chi connectivity index (χ0) is 12.0. The number of benzene rings is 1. The molecule has 0 atom stereocenters. The summed E-state index contributed by atoms with van der Waals surface area (Å²) in [7, 11) is 1.49. The summed E-state index contributed by atoms with van der Waals surface area (Å²) in [5.74, 6) is -0.192. The molecule has 0 bridgehead atoms. The van der Waals surface area contributed by atoms with Crippen molar-refractivity contribution in [3.8, 4) is 0 Å². The Kier molecular flexibility index (Phi) is 4.41. The van der Waals surface area contributed by atoms with Crippen LogP contribution in [0, 0.1) is 5.82 Å². The minimum absolute atomic E-state index is 0.146. The number of amidine groups is 1. The Bertz CT molecular complexity index is 439. The molecule has 1 aromatic carbocycles. The second-order valence-electron chi connectivity index (χ2n) is 2.88. The lowest BCUT2D eigenvalue weighted by atomic mass is 10.1. The lowest BCUT2D eigenvalue weighted by Crippen LogP contribution is -2.03. The number of azo groups is 1. The number of rotatable bonds is 3. The van der Waals surface area contributed by atoms with Crippen LogP contribution in [0.25, 0.3) is 0 Å². The summed E-state index contributed by atoms with van der Waals surface area (Å²) in [6, 6.07) is 4.53. The van der Waals surface area contributed by atoms with E-state index >= 15 is 0 Å². The van der Waals surface area contributed by atoms with Gasteiger partial charge in [0.2, 0.25) is 5.84 Å². The van der Waals surface area contributed by atoms with Gasteiger partial charge in [0.05, 0.1) is 0 Å². The fourth-order valence-corrected chi connectivity index (χ4v) is 1.15. The average molecular weight is 221 g/mol. The van der Waals surface area contributed by atoms with Gasteiger partial charge < -0.3 is 5.73 Å². The van der Waals surface area contributed by atoms with Gasteiger partial charge in [0.25, 0.3) is 0 Å². The molecule has 0 spiro atoms. The topological polar surface area (TPSA) is 75.5 Å². The zero-order valence-electron chi connectivity index (χ0n) is 8.89. The molecule has 0 aromatic heterocycles. The zero-order valence-corrected chi connectivity index (χ0v) is 8.89. The first kappa shape index (κ1) is 12.1. The maximum atomic E-state index is 13.4. The minimum atomic E-state index is -0.400. The van der Waals surface area contributed by atoms with E-state index in [1.54, 1.807) is 12.1 Å². The Morgan fingerprint density at radius 1 is 1.50 bits per heavy atom. The first-order valence-electron chi connectivity index (χ1n) is 4.55. The third-order valence-corrected chi connectivity index (χ3v) is 1.89. The summed E-state index contributed by atoms with van der Waals surface area (Å²) in [5, 5.41) is 14.3. The number of hydrogen-bond acceptors (Lipinski definition) is 4. The predicted molar refractivity (Wildman–Crippen MR) is 61.2 cm³/mol. The maximum Gasteiger partial charge on any atom is 0.203 e. The fraction of sp³-hybridized carbons (Fsp3) is 0.200. The van der Waals surface area contributed by atoms with E-state index in [9.17, 15) is 4.39 Å². The summed E-state index contributed by atoms with van der Waals surface area (Å²) < 4.78 is 13.4. The summed E-state index contributed by atoms with van der Waals surface area (Å²) in [5.41, 5.74) is 6.27. The van der Waals surface area contributed by atoms with Gasteiger partial charge >= 0.3 is 0 Å². The fourth-order valence-electron chi connectivity index (χ4n) is 1.15. The van der Waals surface area contributed by atoms with Crippen LogP contribution >= 0.6 is 0 Å². The summed E-state index contributed by atoms with van der Waals surface area (Å²) in [6.07, 6.45) is 0. The van der Waals surface area contributed by atoms with Crippen LogP contribution in [0.4, 0.5) is 4.39 Å². The molecule has 0 aliphatic rings. The molecular formula is C10H12FN5. The molecule has 5 nitrogen and oxygen atoms in total. The molecule has 0 aliphatic heterocycles. The van der Waals surface area contributed by atoms with E-state index in [0.717, 1.165) is 0 Å². The van der Waals surface area contributed by atoms with Crippen molar-refractivity contribution in [1.29, 1.82) is 0 Å². The van der Waals surface area contributed by atoms with Crippen molar-refractivity contribution >= 4 is 12.6 Å².